The number of ketones is 1. The SMILES string of the molecule is C=C1CC2C(C)(CCC3C(C)(C)C(=O)CCC32C)C2CCC3(C(N)=NN=N)CCC(C)(C)CC3C12. The lowest BCUT2D eigenvalue weighted by Gasteiger charge is -2.69. The number of carbonyl (C=O) groups is 1. The summed E-state index contributed by atoms with van der Waals surface area (Å²) >= 11 is 0. The molecule has 0 saturated heterocycles. The van der Waals surface area contributed by atoms with Crippen molar-refractivity contribution in [3.8, 4) is 0 Å². The van der Waals surface area contributed by atoms with E-state index >= 15 is 0 Å². The van der Waals surface area contributed by atoms with Crippen molar-refractivity contribution in [1.29, 1.82) is 5.53 Å². The maximum atomic E-state index is 13.0. The second-order valence-electron chi connectivity index (χ2n) is 15.0. The first kappa shape index (κ1) is 25.1. The maximum absolute atomic E-state index is 13.0. The molecule has 5 heteroatoms. The molecule has 5 saturated carbocycles. The van der Waals surface area contributed by atoms with Gasteiger partial charge in [-0.15, -0.1) is 5.10 Å². The van der Waals surface area contributed by atoms with Crippen LogP contribution in [0.1, 0.15) is 106 Å². The fourth-order valence-corrected chi connectivity index (χ4v) is 10.9. The molecule has 35 heavy (non-hydrogen) atoms. The fraction of sp³-hybridized carbons (Fsp3) is 0.867. The molecule has 0 bridgehead atoms. The van der Waals surface area contributed by atoms with Crippen LogP contribution in [0.4, 0.5) is 0 Å². The molecule has 0 aliphatic heterocycles. The molecule has 5 rings (SSSR count). The van der Waals surface area contributed by atoms with Crippen molar-refractivity contribution in [1.82, 2.24) is 0 Å². The zero-order chi connectivity index (χ0) is 25.6. The van der Waals surface area contributed by atoms with E-state index in [1.807, 2.05) is 0 Å². The summed E-state index contributed by atoms with van der Waals surface area (Å²) in [4.78, 5) is 13.0. The number of Topliss-reactive ketones (excluding diaryl/α,β-unsaturated/α-hetero) is 1. The van der Waals surface area contributed by atoms with Crippen molar-refractivity contribution in [3.63, 3.8) is 0 Å². The van der Waals surface area contributed by atoms with Gasteiger partial charge in [0.1, 0.15) is 11.6 Å². The van der Waals surface area contributed by atoms with Crippen LogP contribution < -0.4 is 5.73 Å². The Balaban J connectivity index is 1.56. The highest BCUT2D eigenvalue weighted by atomic mass is 16.1. The van der Waals surface area contributed by atoms with E-state index in [2.05, 4.69) is 51.9 Å². The number of nitrogens with one attached hydrogen (secondary N) is 1. The van der Waals surface area contributed by atoms with E-state index < -0.39 is 0 Å². The second-order valence-corrected chi connectivity index (χ2v) is 15.0. The van der Waals surface area contributed by atoms with Gasteiger partial charge in [0.15, 0.2) is 0 Å². The molecule has 0 amide bonds. The first-order valence-electron chi connectivity index (χ1n) is 14.1. The molecule has 5 nitrogen and oxygen atoms in total. The number of nitrogens with zero attached hydrogens (tertiary/aromatic N) is 2. The molecule has 5 fully saturated rings. The van der Waals surface area contributed by atoms with Crippen LogP contribution in [-0.4, -0.2) is 11.6 Å². The minimum absolute atomic E-state index is 0.145. The number of hydrogen-bond acceptors (Lipinski definition) is 3. The van der Waals surface area contributed by atoms with Gasteiger partial charge in [-0.05, 0) is 104 Å². The van der Waals surface area contributed by atoms with Crippen molar-refractivity contribution in [3.05, 3.63) is 12.2 Å². The third kappa shape index (κ3) is 3.31. The molecular weight excluding hydrogens is 432 g/mol. The van der Waals surface area contributed by atoms with E-state index in [4.69, 9.17) is 17.8 Å². The van der Waals surface area contributed by atoms with Crippen LogP contribution in [0, 0.1) is 62.2 Å². The number of amidine groups is 1. The minimum atomic E-state index is -0.216. The number of hydrogen-bond donors (Lipinski definition) is 2. The van der Waals surface area contributed by atoms with E-state index in [1.165, 1.54) is 18.4 Å². The zero-order valence-electron chi connectivity index (χ0n) is 23.0. The van der Waals surface area contributed by atoms with Gasteiger partial charge in [0, 0.05) is 17.3 Å². The van der Waals surface area contributed by atoms with Crippen molar-refractivity contribution >= 4 is 11.6 Å². The highest BCUT2D eigenvalue weighted by Crippen LogP contribution is 2.73. The average Bonchev–Trinajstić information content (AvgIpc) is 2.77. The molecule has 0 aromatic heterocycles. The summed E-state index contributed by atoms with van der Waals surface area (Å²) in [5.74, 6) is 3.62. The summed E-state index contributed by atoms with van der Waals surface area (Å²) in [6.07, 6.45) is 10.8. The maximum Gasteiger partial charge on any atom is 0.138 e. The summed E-state index contributed by atoms with van der Waals surface area (Å²) in [5.41, 5.74) is 15.8. The molecule has 8 atom stereocenters. The minimum Gasteiger partial charge on any atom is -0.385 e. The van der Waals surface area contributed by atoms with Gasteiger partial charge >= 0.3 is 0 Å². The molecule has 5 aliphatic carbocycles. The molecule has 0 radical (unpaired) electrons. The monoisotopic (exact) mass is 480 g/mol. The zero-order valence-corrected chi connectivity index (χ0v) is 23.0. The molecule has 3 N–H and O–H groups in total. The Morgan fingerprint density at radius 3 is 2.34 bits per heavy atom. The summed E-state index contributed by atoms with van der Waals surface area (Å²) in [5, 5.41) is 7.52. The molecule has 0 aromatic carbocycles. The van der Waals surface area contributed by atoms with Crippen LogP contribution in [-0.2, 0) is 4.79 Å². The van der Waals surface area contributed by atoms with E-state index in [0.29, 0.717) is 41.2 Å². The molecule has 0 spiro atoms. The quantitative estimate of drug-likeness (QED) is 0.141. The average molecular weight is 481 g/mol. The lowest BCUT2D eigenvalue weighted by molar-refractivity contribution is -0.187. The molecule has 0 aromatic rings. The Hall–Kier alpha value is -1.52. The van der Waals surface area contributed by atoms with Crippen LogP contribution in [0.15, 0.2) is 22.5 Å². The third-order valence-electron chi connectivity index (χ3n) is 12.8. The highest BCUT2D eigenvalue weighted by molar-refractivity contribution is 5.87. The van der Waals surface area contributed by atoms with Crippen LogP contribution in [0.5, 0.6) is 0 Å². The number of fused-ring (bicyclic) bond motifs is 7. The summed E-state index contributed by atoms with van der Waals surface area (Å²) in [6.45, 7) is 19.2. The van der Waals surface area contributed by atoms with Crippen LogP contribution in [0.25, 0.3) is 0 Å². The topological polar surface area (TPSA) is 91.7 Å². The van der Waals surface area contributed by atoms with E-state index in [-0.39, 0.29) is 27.1 Å². The number of allylic oxidation sites excluding steroid dienone is 1. The summed E-state index contributed by atoms with van der Waals surface area (Å²) < 4.78 is 0. The molecule has 5 aliphatic rings. The van der Waals surface area contributed by atoms with Gasteiger partial charge in [0.05, 0.1) is 0 Å². The van der Waals surface area contributed by atoms with Gasteiger partial charge in [-0.1, -0.05) is 58.9 Å². The fourth-order valence-electron chi connectivity index (χ4n) is 10.9. The number of rotatable bonds is 2. The smallest absolute Gasteiger partial charge is 0.138 e. The largest absolute Gasteiger partial charge is 0.385 e. The van der Waals surface area contributed by atoms with Gasteiger partial charge in [0.25, 0.3) is 0 Å². The molecular formula is C30H48N4O. The summed E-state index contributed by atoms with van der Waals surface area (Å²) in [7, 11) is 0. The van der Waals surface area contributed by atoms with Crippen LogP contribution in [0.3, 0.4) is 0 Å². The van der Waals surface area contributed by atoms with Crippen LogP contribution >= 0.6 is 0 Å². The first-order valence-corrected chi connectivity index (χ1v) is 14.1. The second kappa shape index (κ2) is 7.74. The lowest BCUT2D eigenvalue weighted by Crippen LogP contribution is -2.64. The Bertz CT molecular complexity index is 981. The van der Waals surface area contributed by atoms with E-state index in [0.717, 1.165) is 51.4 Å². The predicted molar refractivity (Wildman–Crippen MR) is 141 cm³/mol. The molecule has 194 valence electrons. The van der Waals surface area contributed by atoms with Gasteiger partial charge in [0.2, 0.25) is 0 Å². The highest BCUT2D eigenvalue weighted by Gasteiger charge is 2.67. The summed E-state index contributed by atoms with van der Waals surface area (Å²) in [6, 6.07) is 0. The van der Waals surface area contributed by atoms with Crippen molar-refractivity contribution in [2.24, 2.45) is 72.7 Å². The Morgan fingerprint density at radius 1 is 0.943 bits per heavy atom. The van der Waals surface area contributed by atoms with Crippen molar-refractivity contribution in [2.45, 2.75) is 106 Å². The molecule has 0 heterocycles. The van der Waals surface area contributed by atoms with Gasteiger partial charge in [-0.3, -0.25) is 4.79 Å². The Kier molecular flexibility index (Phi) is 5.56. The van der Waals surface area contributed by atoms with Gasteiger partial charge in [-0.25, -0.2) is 0 Å². The number of nitrogens with two attached hydrogens (primary N) is 1. The standard InChI is InChI=1S/C30H48N4O/c1-18-16-22-28(6,11-9-21-27(4,5)23(35)10-12-29(21,22)7)19-8-13-30(25(31)33-34-32)15-14-26(2,3)17-20(30)24(18)19/h19-22,24H,1,8-17H2,2-7H3,(H3,31,32,33). The van der Waals surface area contributed by atoms with Gasteiger partial charge < -0.3 is 5.73 Å². The van der Waals surface area contributed by atoms with E-state index in [1.54, 1.807) is 0 Å². The van der Waals surface area contributed by atoms with Gasteiger partial charge in [-0.2, -0.15) is 5.53 Å². The predicted octanol–water partition coefficient (Wildman–Crippen LogP) is 7.52. The lowest BCUT2D eigenvalue weighted by atomic mass is 9.34. The third-order valence-corrected chi connectivity index (χ3v) is 12.8. The number of carbonyl (C=O) groups excluding carboxylic acids is 1. The van der Waals surface area contributed by atoms with Crippen LogP contribution in [0.2, 0.25) is 0 Å². The van der Waals surface area contributed by atoms with Crippen molar-refractivity contribution < 1.29 is 4.79 Å². The Labute approximate surface area is 212 Å². The van der Waals surface area contributed by atoms with E-state index in [9.17, 15) is 4.79 Å². The Morgan fingerprint density at radius 2 is 1.66 bits per heavy atom. The normalized spacial score (nSPS) is 48.7. The molecule has 8 unspecified atom stereocenters. The van der Waals surface area contributed by atoms with Crippen molar-refractivity contribution in [2.75, 3.05) is 0 Å². The first-order chi connectivity index (χ1) is 16.2.